The molecule has 0 aliphatic heterocycles. The van der Waals surface area contributed by atoms with Crippen molar-refractivity contribution in [2.24, 2.45) is 0 Å². The van der Waals surface area contributed by atoms with E-state index in [-0.39, 0.29) is 31.1 Å². The lowest BCUT2D eigenvalue weighted by Gasteiger charge is -2.18. The zero-order valence-electron chi connectivity index (χ0n) is 50.0. The number of hydrogen-bond donors (Lipinski definition) is 0. The maximum Gasteiger partial charge on any atom is 0.306 e. The van der Waals surface area contributed by atoms with Gasteiger partial charge in [-0.1, -0.05) is 285 Å². The molecule has 76 heavy (non-hydrogen) atoms. The molecule has 0 rings (SSSR count). The first-order valence-electron chi connectivity index (χ1n) is 32.2. The Labute approximate surface area is 470 Å². The van der Waals surface area contributed by atoms with E-state index in [9.17, 15) is 14.4 Å². The summed E-state index contributed by atoms with van der Waals surface area (Å²) in [5.41, 5.74) is 0. The summed E-state index contributed by atoms with van der Waals surface area (Å²) in [5.74, 6) is -0.887. The van der Waals surface area contributed by atoms with Crippen LogP contribution in [0.5, 0.6) is 0 Å². The van der Waals surface area contributed by atoms with Gasteiger partial charge < -0.3 is 14.2 Å². The highest BCUT2D eigenvalue weighted by Gasteiger charge is 2.19. The van der Waals surface area contributed by atoms with Crippen LogP contribution in [-0.4, -0.2) is 37.2 Å². The van der Waals surface area contributed by atoms with Crippen LogP contribution in [0.15, 0.2) is 97.2 Å². The van der Waals surface area contributed by atoms with E-state index in [4.69, 9.17) is 14.2 Å². The molecule has 6 nitrogen and oxygen atoms in total. The summed E-state index contributed by atoms with van der Waals surface area (Å²) < 4.78 is 16.9. The predicted molar refractivity (Wildman–Crippen MR) is 330 cm³/mol. The van der Waals surface area contributed by atoms with Gasteiger partial charge in [0.15, 0.2) is 6.10 Å². The summed E-state index contributed by atoms with van der Waals surface area (Å²) in [7, 11) is 0. The van der Waals surface area contributed by atoms with Crippen molar-refractivity contribution < 1.29 is 28.6 Å². The van der Waals surface area contributed by atoms with Gasteiger partial charge in [0.2, 0.25) is 0 Å². The van der Waals surface area contributed by atoms with Crippen molar-refractivity contribution in [3.05, 3.63) is 97.2 Å². The van der Waals surface area contributed by atoms with Gasteiger partial charge in [0.05, 0.1) is 0 Å². The van der Waals surface area contributed by atoms with Gasteiger partial charge in [-0.2, -0.15) is 0 Å². The third-order valence-electron chi connectivity index (χ3n) is 13.8. The van der Waals surface area contributed by atoms with E-state index in [1.54, 1.807) is 0 Å². The van der Waals surface area contributed by atoms with Crippen LogP contribution in [0, 0.1) is 0 Å². The molecule has 0 fully saturated rings. The normalized spacial score (nSPS) is 12.7. The topological polar surface area (TPSA) is 78.9 Å². The Hall–Kier alpha value is -3.67. The molecule has 436 valence electrons. The van der Waals surface area contributed by atoms with Gasteiger partial charge in [0, 0.05) is 19.3 Å². The quantitative estimate of drug-likeness (QED) is 0.0261. The Morgan fingerprint density at radius 2 is 0.513 bits per heavy atom. The highest BCUT2D eigenvalue weighted by Crippen LogP contribution is 2.16. The molecule has 0 aromatic carbocycles. The fourth-order valence-electron chi connectivity index (χ4n) is 9.01. The third-order valence-corrected chi connectivity index (χ3v) is 13.8. The van der Waals surface area contributed by atoms with Crippen LogP contribution in [0.4, 0.5) is 0 Å². The van der Waals surface area contributed by atoms with Crippen molar-refractivity contribution in [3.8, 4) is 0 Å². The Bertz CT molecular complexity index is 1490. The van der Waals surface area contributed by atoms with Crippen molar-refractivity contribution in [3.63, 3.8) is 0 Å². The molecule has 0 N–H and O–H groups in total. The first-order chi connectivity index (χ1) is 37.5. The molecule has 0 bridgehead atoms. The van der Waals surface area contributed by atoms with E-state index >= 15 is 0 Å². The molecule has 0 aliphatic carbocycles. The van der Waals surface area contributed by atoms with Crippen molar-refractivity contribution >= 4 is 17.9 Å². The van der Waals surface area contributed by atoms with E-state index in [2.05, 4.69) is 118 Å². The molecule has 0 amide bonds. The number of carbonyl (C=O) groups excluding carboxylic acids is 3. The van der Waals surface area contributed by atoms with Gasteiger partial charge in [0.25, 0.3) is 0 Å². The first-order valence-corrected chi connectivity index (χ1v) is 32.2. The minimum Gasteiger partial charge on any atom is -0.462 e. The van der Waals surface area contributed by atoms with E-state index in [0.29, 0.717) is 19.3 Å². The largest absolute Gasteiger partial charge is 0.462 e. The number of esters is 3. The zero-order chi connectivity index (χ0) is 55.0. The number of hydrogen-bond acceptors (Lipinski definition) is 6. The van der Waals surface area contributed by atoms with E-state index in [1.165, 1.54) is 148 Å². The minimum absolute atomic E-state index is 0.0795. The molecule has 0 saturated carbocycles. The SMILES string of the molecule is CC/C=C\C/C=C\C/C=C\C/C=C\C/C=C\C/C=C\CCCCCCCCCCCCCCCCC(=O)OCC(COC(=O)CCCCCCCCCCC)OC(=O)CCCCCCC/C=C\C/C=C\CCCCCC. The maximum absolute atomic E-state index is 12.8. The van der Waals surface area contributed by atoms with E-state index in [1.807, 2.05) is 0 Å². The lowest BCUT2D eigenvalue weighted by atomic mass is 10.0. The monoisotopic (exact) mass is 1060 g/mol. The van der Waals surface area contributed by atoms with Gasteiger partial charge in [-0.25, -0.2) is 0 Å². The highest BCUT2D eigenvalue weighted by atomic mass is 16.6. The molecule has 0 spiro atoms. The zero-order valence-corrected chi connectivity index (χ0v) is 50.0. The van der Waals surface area contributed by atoms with Crippen molar-refractivity contribution in [2.75, 3.05) is 13.2 Å². The molecular formula is C70H120O6. The smallest absolute Gasteiger partial charge is 0.306 e. The molecule has 0 radical (unpaired) electrons. The summed E-state index contributed by atoms with van der Waals surface area (Å²) in [6, 6.07) is 0. The van der Waals surface area contributed by atoms with Crippen LogP contribution in [0.2, 0.25) is 0 Å². The molecule has 6 heteroatoms. The predicted octanol–water partition coefficient (Wildman–Crippen LogP) is 22.0. The van der Waals surface area contributed by atoms with Gasteiger partial charge in [-0.3, -0.25) is 14.4 Å². The fraction of sp³-hybridized carbons (Fsp3) is 0.729. The molecule has 0 heterocycles. The molecule has 0 saturated heterocycles. The first kappa shape index (κ1) is 72.3. The van der Waals surface area contributed by atoms with Crippen LogP contribution in [0.3, 0.4) is 0 Å². The van der Waals surface area contributed by atoms with Crippen LogP contribution >= 0.6 is 0 Å². The molecule has 1 unspecified atom stereocenters. The number of allylic oxidation sites excluding steroid dienone is 16. The Kier molecular flexibility index (Phi) is 60.8. The standard InChI is InChI=1S/C70H120O6/c1-4-7-10-13-16-19-21-23-25-27-28-29-30-31-32-33-34-35-36-37-38-39-40-41-42-43-45-46-48-51-54-57-60-63-69(72)75-66-67(65-74-68(71)62-59-56-53-50-18-15-12-9-6-3)76-70(73)64-61-58-55-52-49-47-44-26-24-22-20-17-14-11-8-5-2/h7,10,16,19-20,22-23,25-26,28-29,31-32,34-35,44,67H,4-6,8-9,11-15,17-18,21,24,27,30,33,36-43,45-66H2,1-3H3/b10-7-,19-16-,22-20-,25-23-,29-28-,32-31-,35-34-,44-26-. The van der Waals surface area contributed by atoms with E-state index < -0.39 is 6.10 Å². The number of ether oxygens (including phenoxy) is 3. The summed E-state index contributed by atoms with van der Waals surface area (Å²) >= 11 is 0. The molecule has 1 atom stereocenters. The maximum atomic E-state index is 12.8. The fourth-order valence-corrected chi connectivity index (χ4v) is 9.01. The minimum atomic E-state index is -0.782. The summed E-state index contributed by atoms with van der Waals surface area (Å²) in [5, 5.41) is 0. The Morgan fingerprint density at radius 3 is 0.816 bits per heavy atom. The summed E-state index contributed by atoms with van der Waals surface area (Å²) in [6.07, 6.45) is 85.7. The molecule has 0 aromatic rings. The van der Waals surface area contributed by atoms with Gasteiger partial charge in [0.1, 0.15) is 13.2 Å². The Balaban J connectivity index is 4.12. The second-order valence-electron chi connectivity index (χ2n) is 21.3. The number of unbranched alkanes of at least 4 members (excludes halogenated alkanes) is 31. The van der Waals surface area contributed by atoms with Crippen LogP contribution in [0.1, 0.15) is 310 Å². The number of rotatable bonds is 58. The average Bonchev–Trinajstić information content (AvgIpc) is 3.42. The van der Waals surface area contributed by atoms with Gasteiger partial charge in [-0.15, -0.1) is 0 Å². The molecule has 0 aromatic heterocycles. The van der Waals surface area contributed by atoms with Crippen molar-refractivity contribution in [1.29, 1.82) is 0 Å². The highest BCUT2D eigenvalue weighted by molar-refractivity contribution is 5.71. The summed E-state index contributed by atoms with van der Waals surface area (Å²) in [4.78, 5) is 38.1. The van der Waals surface area contributed by atoms with Crippen molar-refractivity contribution in [1.82, 2.24) is 0 Å². The second kappa shape index (κ2) is 63.9. The van der Waals surface area contributed by atoms with Crippen LogP contribution in [-0.2, 0) is 28.6 Å². The number of carbonyl (C=O) groups is 3. The van der Waals surface area contributed by atoms with Crippen LogP contribution < -0.4 is 0 Å². The average molecular weight is 1060 g/mol. The summed E-state index contributed by atoms with van der Waals surface area (Å²) in [6.45, 7) is 6.50. The molecule has 0 aliphatic rings. The molecular weight excluding hydrogens is 937 g/mol. The van der Waals surface area contributed by atoms with Crippen molar-refractivity contribution in [2.45, 2.75) is 316 Å². The lowest BCUT2D eigenvalue weighted by molar-refractivity contribution is -0.167. The van der Waals surface area contributed by atoms with Gasteiger partial charge in [-0.05, 0) is 103 Å². The van der Waals surface area contributed by atoms with Gasteiger partial charge >= 0.3 is 17.9 Å². The Morgan fingerprint density at radius 1 is 0.276 bits per heavy atom. The van der Waals surface area contributed by atoms with E-state index in [0.717, 1.165) is 122 Å². The lowest BCUT2D eigenvalue weighted by Crippen LogP contribution is -2.30. The third kappa shape index (κ3) is 61.2. The van der Waals surface area contributed by atoms with Crippen LogP contribution in [0.25, 0.3) is 0 Å². The second-order valence-corrected chi connectivity index (χ2v) is 21.3.